The summed E-state index contributed by atoms with van der Waals surface area (Å²) in [5.41, 5.74) is 0. The average molecular weight is 316 g/mol. The monoisotopic (exact) mass is 315 g/mol. The Balaban J connectivity index is 3.21. The molecule has 0 aromatic heterocycles. The van der Waals surface area contributed by atoms with Gasteiger partial charge >= 0.3 is 0 Å². The molecule has 0 saturated heterocycles. The van der Waals surface area contributed by atoms with Crippen LogP contribution in [0.25, 0.3) is 0 Å². The number of hydrogen-bond acceptors (Lipinski definition) is 3. The molecule has 22 heavy (non-hydrogen) atoms. The lowest BCUT2D eigenvalue weighted by Crippen LogP contribution is -2.38. The number of aliphatic hydroxyl groups excluding tert-OH is 2. The molecular formula is C19H41NO2. The van der Waals surface area contributed by atoms with Crippen LogP contribution in [0.15, 0.2) is 0 Å². The van der Waals surface area contributed by atoms with Gasteiger partial charge in [0.25, 0.3) is 0 Å². The van der Waals surface area contributed by atoms with Gasteiger partial charge in [-0.2, -0.15) is 0 Å². The summed E-state index contributed by atoms with van der Waals surface area (Å²) in [6, 6.07) is 0. The second kappa shape index (κ2) is 17.2. The molecule has 3 N–H and O–H groups in total. The summed E-state index contributed by atoms with van der Waals surface area (Å²) in [6.07, 6.45) is 17.0. The van der Waals surface area contributed by atoms with E-state index < -0.39 is 12.5 Å². The van der Waals surface area contributed by atoms with Crippen molar-refractivity contribution < 1.29 is 10.2 Å². The van der Waals surface area contributed by atoms with Crippen molar-refractivity contribution in [3.8, 4) is 0 Å². The maximum atomic E-state index is 9.79. The van der Waals surface area contributed by atoms with E-state index in [2.05, 4.69) is 19.2 Å². The minimum Gasteiger partial charge on any atom is -0.379 e. The predicted octanol–water partition coefficient (Wildman–Crippen LogP) is 5.10. The number of aliphatic hydroxyl groups is 2. The first-order valence-corrected chi connectivity index (χ1v) is 9.82. The van der Waals surface area contributed by atoms with Gasteiger partial charge in [0, 0.05) is 0 Å². The first-order chi connectivity index (χ1) is 10.7. The molecule has 0 bridgehead atoms. The molecule has 0 aromatic rings. The van der Waals surface area contributed by atoms with Crippen molar-refractivity contribution in [1.29, 1.82) is 0 Å². The predicted molar refractivity (Wildman–Crippen MR) is 95.8 cm³/mol. The van der Waals surface area contributed by atoms with E-state index in [0.29, 0.717) is 0 Å². The minimum absolute atomic E-state index is 0.551. The Hall–Kier alpha value is -0.120. The van der Waals surface area contributed by atoms with E-state index in [1.807, 2.05) is 0 Å². The zero-order valence-corrected chi connectivity index (χ0v) is 15.2. The van der Waals surface area contributed by atoms with Crippen LogP contribution >= 0.6 is 0 Å². The van der Waals surface area contributed by atoms with Crippen molar-refractivity contribution in [1.82, 2.24) is 5.32 Å². The van der Waals surface area contributed by atoms with Gasteiger partial charge in [-0.25, -0.2) is 0 Å². The quantitative estimate of drug-likeness (QED) is 0.258. The molecule has 0 aromatic carbocycles. The van der Waals surface area contributed by atoms with Crippen molar-refractivity contribution in [3.05, 3.63) is 0 Å². The maximum Gasteiger partial charge on any atom is 0.106 e. The summed E-state index contributed by atoms with van der Waals surface area (Å²) < 4.78 is 0. The van der Waals surface area contributed by atoms with Crippen LogP contribution in [0.4, 0.5) is 0 Å². The fourth-order valence-electron chi connectivity index (χ4n) is 2.79. The summed E-state index contributed by atoms with van der Waals surface area (Å²) in [5, 5.41) is 22.3. The Morgan fingerprint density at radius 1 is 0.545 bits per heavy atom. The van der Waals surface area contributed by atoms with Crippen molar-refractivity contribution in [2.75, 3.05) is 0 Å². The molecule has 0 saturated carbocycles. The highest BCUT2D eigenvalue weighted by Crippen LogP contribution is 2.12. The summed E-state index contributed by atoms with van der Waals surface area (Å²) >= 11 is 0. The summed E-state index contributed by atoms with van der Waals surface area (Å²) in [7, 11) is 0. The molecule has 0 aliphatic rings. The molecule has 2 unspecified atom stereocenters. The zero-order valence-electron chi connectivity index (χ0n) is 15.2. The number of unbranched alkanes of at least 4 members (excludes halogenated alkanes) is 11. The van der Waals surface area contributed by atoms with E-state index in [1.54, 1.807) is 0 Å². The highest BCUT2D eigenvalue weighted by Gasteiger charge is 2.09. The van der Waals surface area contributed by atoms with Crippen LogP contribution in [0, 0.1) is 0 Å². The Morgan fingerprint density at radius 3 is 1.36 bits per heavy atom. The fraction of sp³-hybridized carbons (Fsp3) is 1.00. The van der Waals surface area contributed by atoms with Gasteiger partial charge in [-0.15, -0.1) is 0 Å². The lowest BCUT2D eigenvalue weighted by molar-refractivity contribution is 0.0312. The fourth-order valence-corrected chi connectivity index (χ4v) is 2.79. The summed E-state index contributed by atoms with van der Waals surface area (Å²) in [5.74, 6) is 0. The molecule has 0 radical (unpaired) electrons. The lowest BCUT2D eigenvalue weighted by atomic mass is 10.1. The van der Waals surface area contributed by atoms with Crippen LogP contribution in [0.2, 0.25) is 0 Å². The largest absolute Gasteiger partial charge is 0.379 e. The SMILES string of the molecule is CCCCCCCCCCCCCC(O)NC(O)CCCC. The molecule has 0 aliphatic carbocycles. The Bertz CT molecular complexity index is 212. The molecule has 0 fully saturated rings. The van der Waals surface area contributed by atoms with E-state index in [4.69, 9.17) is 0 Å². The van der Waals surface area contributed by atoms with Crippen LogP contribution in [0.3, 0.4) is 0 Å². The standard InChI is InChI=1S/C19H41NO2/c1-3-5-7-8-9-10-11-12-13-14-15-17-19(22)20-18(21)16-6-4-2/h18-22H,3-17H2,1-2H3. The highest BCUT2D eigenvalue weighted by atomic mass is 16.3. The van der Waals surface area contributed by atoms with Crippen molar-refractivity contribution in [2.24, 2.45) is 0 Å². The van der Waals surface area contributed by atoms with Gasteiger partial charge in [0.05, 0.1) is 0 Å². The average Bonchev–Trinajstić information content (AvgIpc) is 2.50. The zero-order chi connectivity index (χ0) is 16.5. The lowest BCUT2D eigenvalue weighted by Gasteiger charge is -2.17. The molecule has 134 valence electrons. The molecule has 0 aliphatic heterocycles. The van der Waals surface area contributed by atoms with Crippen LogP contribution in [-0.2, 0) is 0 Å². The third-order valence-corrected chi connectivity index (χ3v) is 4.30. The number of hydrogen-bond donors (Lipinski definition) is 3. The van der Waals surface area contributed by atoms with Crippen LogP contribution in [-0.4, -0.2) is 22.7 Å². The van der Waals surface area contributed by atoms with Crippen LogP contribution < -0.4 is 5.32 Å². The van der Waals surface area contributed by atoms with Gasteiger partial charge in [-0.3, -0.25) is 5.32 Å². The smallest absolute Gasteiger partial charge is 0.106 e. The third kappa shape index (κ3) is 16.3. The number of nitrogens with one attached hydrogen (secondary N) is 1. The van der Waals surface area contributed by atoms with E-state index in [9.17, 15) is 10.2 Å². The minimum atomic E-state index is -0.553. The molecule has 3 heteroatoms. The summed E-state index contributed by atoms with van der Waals surface area (Å²) in [6.45, 7) is 4.37. The molecular weight excluding hydrogens is 274 g/mol. The normalized spacial score (nSPS) is 14.2. The van der Waals surface area contributed by atoms with Gasteiger partial charge in [0.15, 0.2) is 0 Å². The molecule has 0 amide bonds. The second-order valence-corrected chi connectivity index (χ2v) is 6.66. The van der Waals surface area contributed by atoms with Gasteiger partial charge in [0.1, 0.15) is 12.5 Å². The van der Waals surface area contributed by atoms with Crippen molar-refractivity contribution in [3.63, 3.8) is 0 Å². The van der Waals surface area contributed by atoms with Crippen LogP contribution in [0.1, 0.15) is 110 Å². The molecule has 2 atom stereocenters. The maximum absolute atomic E-state index is 9.79. The molecule has 0 heterocycles. The Morgan fingerprint density at radius 2 is 0.909 bits per heavy atom. The van der Waals surface area contributed by atoms with Crippen molar-refractivity contribution >= 4 is 0 Å². The first kappa shape index (κ1) is 21.9. The highest BCUT2D eigenvalue weighted by molar-refractivity contribution is 4.59. The van der Waals surface area contributed by atoms with Gasteiger partial charge in [0.2, 0.25) is 0 Å². The molecule has 3 nitrogen and oxygen atoms in total. The van der Waals surface area contributed by atoms with Gasteiger partial charge in [-0.1, -0.05) is 84.5 Å². The summed E-state index contributed by atoms with van der Waals surface area (Å²) in [4.78, 5) is 0. The van der Waals surface area contributed by atoms with E-state index >= 15 is 0 Å². The Labute approximate surface area is 138 Å². The number of rotatable bonds is 17. The van der Waals surface area contributed by atoms with Gasteiger partial charge in [-0.05, 0) is 25.7 Å². The third-order valence-electron chi connectivity index (χ3n) is 4.30. The van der Waals surface area contributed by atoms with Gasteiger partial charge < -0.3 is 10.2 Å². The Kier molecular flexibility index (Phi) is 17.1. The first-order valence-electron chi connectivity index (χ1n) is 9.82. The van der Waals surface area contributed by atoms with E-state index in [1.165, 1.54) is 64.2 Å². The van der Waals surface area contributed by atoms with Crippen LogP contribution in [0.5, 0.6) is 0 Å². The molecule has 0 spiro atoms. The molecule has 0 rings (SSSR count). The van der Waals surface area contributed by atoms with E-state index in [0.717, 1.165) is 32.1 Å². The topological polar surface area (TPSA) is 52.5 Å². The second-order valence-electron chi connectivity index (χ2n) is 6.66. The van der Waals surface area contributed by atoms with Crippen molar-refractivity contribution in [2.45, 2.75) is 123 Å². The van der Waals surface area contributed by atoms with E-state index in [-0.39, 0.29) is 0 Å².